The van der Waals surface area contributed by atoms with E-state index in [0.717, 1.165) is 12.5 Å². The fraction of sp³-hybridized carbons (Fsp3) is 0.167. The lowest BCUT2D eigenvalue weighted by Crippen LogP contribution is -2.10. The summed E-state index contributed by atoms with van der Waals surface area (Å²) >= 11 is 0. The second kappa shape index (κ2) is 4.95. The van der Waals surface area contributed by atoms with Crippen molar-refractivity contribution in [2.75, 3.05) is 12.5 Å². The molecule has 0 atom stereocenters. The molecule has 0 N–H and O–H groups in total. The van der Waals surface area contributed by atoms with Gasteiger partial charge in [-0.05, 0) is 22.9 Å². The normalized spacial score (nSPS) is 12.3. The van der Waals surface area contributed by atoms with Crippen molar-refractivity contribution in [2.24, 2.45) is 0 Å². The standard InChI is InChI=1S/C12H12O6S2/c1-19(13,14)17-11-7-9-5-3-4-6-10(9)8-12(11)18-20(2,15)16/h3-8H,1-2H3. The molecule has 2 aromatic rings. The lowest BCUT2D eigenvalue weighted by molar-refractivity contribution is 0.456. The summed E-state index contributed by atoms with van der Waals surface area (Å²) < 4.78 is 54.4. The van der Waals surface area contributed by atoms with Gasteiger partial charge in [0.15, 0.2) is 11.5 Å². The minimum atomic E-state index is -3.80. The minimum Gasteiger partial charge on any atom is -0.379 e. The summed E-state index contributed by atoms with van der Waals surface area (Å²) in [4.78, 5) is 0. The number of hydrogen-bond donors (Lipinski definition) is 0. The van der Waals surface area contributed by atoms with Crippen molar-refractivity contribution >= 4 is 31.0 Å². The van der Waals surface area contributed by atoms with Crippen LogP contribution < -0.4 is 8.37 Å². The number of rotatable bonds is 4. The van der Waals surface area contributed by atoms with Crippen LogP contribution in [0, 0.1) is 0 Å². The molecule has 2 rings (SSSR count). The van der Waals surface area contributed by atoms with Gasteiger partial charge in [0.1, 0.15) is 0 Å². The van der Waals surface area contributed by atoms with Gasteiger partial charge in [-0.1, -0.05) is 24.3 Å². The maximum Gasteiger partial charge on any atom is 0.306 e. The van der Waals surface area contributed by atoms with Crippen LogP contribution in [0.25, 0.3) is 10.8 Å². The van der Waals surface area contributed by atoms with Crippen molar-refractivity contribution in [3.63, 3.8) is 0 Å². The van der Waals surface area contributed by atoms with Crippen molar-refractivity contribution in [1.82, 2.24) is 0 Å². The lowest BCUT2D eigenvalue weighted by atomic mass is 10.1. The quantitative estimate of drug-likeness (QED) is 0.795. The topological polar surface area (TPSA) is 86.7 Å². The summed E-state index contributed by atoms with van der Waals surface area (Å²) in [7, 11) is -7.60. The molecule has 0 unspecified atom stereocenters. The van der Waals surface area contributed by atoms with Crippen molar-refractivity contribution in [3.05, 3.63) is 36.4 Å². The lowest BCUT2D eigenvalue weighted by Gasteiger charge is -2.11. The first kappa shape index (κ1) is 14.6. The van der Waals surface area contributed by atoms with E-state index in [1.807, 2.05) is 0 Å². The maximum atomic E-state index is 11.2. The maximum absolute atomic E-state index is 11.2. The number of fused-ring (bicyclic) bond motifs is 1. The van der Waals surface area contributed by atoms with Gasteiger partial charge in [-0.2, -0.15) is 16.8 Å². The third-order valence-electron chi connectivity index (χ3n) is 2.29. The Morgan fingerprint density at radius 3 is 1.40 bits per heavy atom. The molecule has 0 saturated heterocycles. The largest absolute Gasteiger partial charge is 0.379 e. The van der Waals surface area contributed by atoms with Gasteiger partial charge in [-0.25, -0.2) is 0 Å². The van der Waals surface area contributed by atoms with Crippen molar-refractivity contribution in [2.45, 2.75) is 0 Å². The predicted molar refractivity (Wildman–Crippen MR) is 74.9 cm³/mol. The van der Waals surface area contributed by atoms with Crippen LogP contribution in [-0.4, -0.2) is 29.3 Å². The highest BCUT2D eigenvalue weighted by atomic mass is 32.2. The molecule has 0 heterocycles. The highest BCUT2D eigenvalue weighted by molar-refractivity contribution is 7.86. The minimum absolute atomic E-state index is 0.170. The summed E-state index contributed by atoms with van der Waals surface area (Å²) in [6.07, 6.45) is 1.73. The number of hydrogen-bond acceptors (Lipinski definition) is 6. The average Bonchev–Trinajstić information content (AvgIpc) is 2.26. The molecular weight excluding hydrogens is 304 g/mol. The van der Waals surface area contributed by atoms with Gasteiger partial charge in [0.25, 0.3) is 0 Å². The van der Waals surface area contributed by atoms with Crippen molar-refractivity contribution in [1.29, 1.82) is 0 Å². The monoisotopic (exact) mass is 316 g/mol. The fourth-order valence-electron chi connectivity index (χ4n) is 1.65. The molecule has 0 aliphatic carbocycles. The Balaban J connectivity index is 2.64. The van der Waals surface area contributed by atoms with Crippen molar-refractivity contribution < 1.29 is 25.2 Å². The second-order valence-corrected chi connectivity index (χ2v) is 7.37. The Kier molecular flexibility index (Phi) is 3.61. The molecule has 0 aliphatic rings. The molecule has 0 bridgehead atoms. The van der Waals surface area contributed by atoms with Gasteiger partial charge >= 0.3 is 20.2 Å². The van der Waals surface area contributed by atoms with Gasteiger partial charge in [0.05, 0.1) is 12.5 Å². The smallest absolute Gasteiger partial charge is 0.306 e. The Bertz CT molecular complexity index is 780. The third-order valence-corrected chi connectivity index (χ3v) is 3.26. The zero-order chi connectivity index (χ0) is 15.0. The molecule has 8 heteroatoms. The molecule has 0 spiro atoms. The Labute approximate surface area is 117 Å². The van der Waals surface area contributed by atoms with E-state index in [1.54, 1.807) is 24.3 Å². The van der Waals surface area contributed by atoms with Gasteiger partial charge in [0.2, 0.25) is 0 Å². The highest BCUT2D eigenvalue weighted by Crippen LogP contribution is 2.34. The summed E-state index contributed by atoms with van der Waals surface area (Å²) in [5.41, 5.74) is 0. The molecule has 20 heavy (non-hydrogen) atoms. The van der Waals surface area contributed by atoms with Crippen LogP contribution in [0.2, 0.25) is 0 Å². The van der Waals surface area contributed by atoms with E-state index in [-0.39, 0.29) is 11.5 Å². The average molecular weight is 316 g/mol. The summed E-state index contributed by atoms with van der Waals surface area (Å²) in [6, 6.07) is 9.85. The van der Waals surface area contributed by atoms with E-state index in [0.29, 0.717) is 10.8 Å². The molecule has 0 amide bonds. The SMILES string of the molecule is CS(=O)(=O)Oc1cc2ccccc2cc1OS(C)(=O)=O. The molecular formula is C12H12O6S2. The third kappa shape index (κ3) is 3.84. The first-order valence-electron chi connectivity index (χ1n) is 5.46. The predicted octanol–water partition coefficient (Wildman–Crippen LogP) is 1.52. The highest BCUT2D eigenvalue weighted by Gasteiger charge is 2.16. The zero-order valence-corrected chi connectivity index (χ0v) is 12.4. The first-order chi connectivity index (χ1) is 9.14. The Morgan fingerprint density at radius 1 is 0.750 bits per heavy atom. The van der Waals surface area contributed by atoms with Crippen LogP contribution >= 0.6 is 0 Å². The second-order valence-electron chi connectivity index (χ2n) is 4.22. The Hall–Kier alpha value is -1.80. The van der Waals surface area contributed by atoms with E-state index in [1.165, 1.54) is 12.1 Å². The molecule has 0 aromatic heterocycles. The zero-order valence-electron chi connectivity index (χ0n) is 10.7. The van der Waals surface area contributed by atoms with Gasteiger partial charge in [0, 0.05) is 0 Å². The van der Waals surface area contributed by atoms with E-state index < -0.39 is 20.2 Å². The van der Waals surface area contributed by atoms with E-state index in [9.17, 15) is 16.8 Å². The van der Waals surface area contributed by atoms with E-state index in [4.69, 9.17) is 8.37 Å². The van der Waals surface area contributed by atoms with Crippen LogP contribution in [0.15, 0.2) is 36.4 Å². The molecule has 6 nitrogen and oxygen atoms in total. The molecule has 0 aliphatic heterocycles. The molecule has 0 radical (unpaired) electrons. The van der Waals surface area contributed by atoms with E-state index in [2.05, 4.69) is 0 Å². The fourth-order valence-corrected chi connectivity index (χ4v) is 2.57. The van der Waals surface area contributed by atoms with Gasteiger partial charge < -0.3 is 8.37 Å². The van der Waals surface area contributed by atoms with Gasteiger partial charge in [-0.15, -0.1) is 0 Å². The van der Waals surface area contributed by atoms with Crippen molar-refractivity contribution in [3.8, 4) is 11.5 Å². The van der Waals surface area contributed by atoms with Crippen LogP contribution in [0.4, 0.5) is 0 Å². The summed E-state index contributed by atoms with van der Waals surface area (Å²) in [6.45, 7) is 0. The van der Waals surface area contributed by atoms with E-state index >= 15 is 0 Å². The van der Waals surface area contributed by atoms with Crippen LogP contribution in [0.5, 0.6) is 11.5 Å². The van der Waals surface area contributed by atoms with Gasteiger partial charge in [-0.3, -0.25) is 0 Å². The molecule has 108 valence electrons. The first-order valence-corrected chi connectivity index (χ1v) is 9.09. The summed E-state index contributed by atoms with van der Waals surface area (Å²) in [5.74, 6) is -0.340. The Morgan fingerprint density at radius 2 is 1.10 bits per heavy atom. The molecule has 0 saturated carbocycles. The van der Waals surface area contributed by atoms with Crippen LogP contribution in [0.3, 0.4) is 0 Å². The molecule has 0 fully saturated rings. The van der Waals surface area contributed by atoms with Crippen LogP contribution in [-0.2, 0) is 20.2 Å². The van der Waals surface area contributed by atoms with Crippen LogP contribution in [0.1, 0.15) is 0 Å². The number of benzene rings is 2. The molecule has 2 aromatic carbocycles. The summed E-state index contributed by atoms with van der Waals surface area (Å²) in [5, 5.41) is 1.40.